The van der Waals surface area contributed by atoms with E-state index in [0.29, 0.717) is 30.9 Å². The number of carbonyl (C=O) groups is 1. The number of aryl methyl sites for hydroxylation is 1. The van der Waals surface area contributed by atoms with Crippen molar-refractivity contribution in [2.45, 2.75) is 20.0 Å². The zero-order valence-corrected chi connectivity index (χ0v) is 16.3. The number of para-hydroxylation sites is 2. The first-order valence-electron chi connectivity index (χ1n) is 9.03. The Bertz CT molecular complexity index is 1070. The summed E-state index contributed by atoms with van der Waals surface area (Å²) >= 11 is 1.59. The first-order valence-corrected chi connectivity index (χ1v) is 9.91. The van der Waals surface area contributed by atoms with Gasteiger partial charge in [-0.05, 0) is 37.3 Å². The molecule has 4 rings (SSSR count). The van der Waals surface area contributed by atoms with Crippen LogP contribution < -0.4 is 10.1 Å². The topological polar surface area (TPSA) is 79.9 Å². The predicted molar refractivity (Wildman–Crippen MR) is 110 cm³/mol. The fourth-order valence-electron chi connectivity index (χ4n) is 2.88. The molecular formula is C21H20N4O2S. The first kappa shape index (κ1) is 18.2. The molecule has 2 N–H and O–H groups in total. The summed E-state index contributed by atoms with van der Waals surface area (Å²) < 4.78 is 5.75. The third-order valence-corrected chi connectivity index (χ3v) is 5.06. The normalized spacial score (nSPS) is 10.9. The molecular weight excluding hydrogens is 372 g/mol. The Labute approximate surface area is 166 Å². The molecule has 0 aliphatic rings. The van der Waals surface area contributed by atoms with Crippen LogP contribution in [0.5, 0.6) is 5.75 Å². The maximum absolute atomic E-state index is 12.4. The van der Waals surface area contributed by atoms with Gasteiger partial charge in [-0.3, -0.25) is 4.79 Å². The Balaban J connectivity index is 1.31. The molecule has 0 aliphatic carbocycles. The van der Waals surface area contributed by atoms with Gasteiger partial charge in [0.15, 0.2) is 0 Å². The van der Waals surface area contributed by atoms with E-state index in [-0.39, 0.29) is 5.91 Å². The van der Waals surface area contributed by atoms with Crippen LogP contribution in [-0.2, 0) is 13.0 Å². The Morgan fingerprint density at radius 3 is 2.89 bits per heavy atom. The van der Waals surface area contributed by atoms with Crippen molar-refractivity contribution < 1.29 is 9.53 Å². The predicted octanol–water partition coefficient (Wildman–Crippen LogP) is 3.88. The average Bonchev–Trinajstić information content (AvgIpc) is 3.32. The fourth-order valence-corrected chi connectivity index (χ4v) is 3.48. The van der Waals surface area contributed by atoms with Crippen LogP contribution in [0.1, 0.15) is 26.9 Å². The molecule has 0 fully saturated rings. The van der Waals surface area contributed by atoms with E-state index in [9.17, 15) is 4.79 Å². The summed E-state index contributed by atoms with van der Waals surface area (Å²) in [7, 11) is 0. The Morgan fingerprint density at radius 1 is 1.18 bits per heavy atom. The van der Waals surface area contributed by atoms with Crippen molar-refractivity contribution in [1.29, 1.82) is 0 Å². The molecule has 0 saturated heterocycles. The standard InChI is InChI=1S/C21H20N4O2S/c1-14-23-16(13-28-14)12-27-17-6-4-5-15(11-17)21(26)22-10-9-20-24-18-7-2-3-8-19(18)25-20/h2-8,11,13H,9-10,12H2,1H3,(H,22,26)(H,24,25). The Morgan fingerprint density at radius 2 is 2.07 bits per heavy atom. The second-order valence-corrected chi connectivity index (χ2v) is 7.44. The SMILES string of the molecule is Cc1nc(COc2cccc(C(=O)NCCc3nc4ccccc4[nH]3)c2)cs1. The Hall–Kier alpha value is -3.19. The van der Waals surface area contributed by atoms with Crippen LogP contribution in [0.4, 0.5) is 0 Å². The number of ether oxygens (including phenoxy) is 1. The van der Waals surface area contributed by atoms with Crippen LogP contribution >= 0.6 is 11.3 Å². The minimum absolute atomic E-state index is 0.133. The summed E-state index contributed by atoms with van der Waals surface area (Å²) in [5, 5.41) is 5.92. The molecule has 2 aromatic heterocycles. The minimum Gasteiger partial charge on any atom is -0.487 e. The number of nitrogens with zero attached hydrogens (tertiary/aromatic N) is 2. The number of fused-ring (bicyclic) bond motifs is 1. The molecule has 4 aromatic rings. The molecule has 0 aliphatic heterocycles. The van der Waals surface area contributed by atoms with Crippen LogP contribution in [0.3, 0.4) is 0 Å². The van der Waals surface area contributed by atoms with Crippen molar-refractivity contribution >= 4 is 28.3 Å². The van der Waals surface area contributed by atoms with Crippen LogP contribution in [0, 0.1) is 6.92 Å². The highest BCUT2D eigenvalue weighted by atomic mass is 32.1. The highest BCUT2D eigenvalue weighted by molar-refractivity contribution is 7.09. The summed E-state index contributed by atoms with van der Waals surface area (Å²) in [6.45, 7) is 2.85. The second-order valence-electron chi connectivity index (χ2n) is 6.38. The van der Waals surface area contributed by atoms with E-state index in [4.69, 9.17) is 4.74 Å². The van der Waals surface area contributed by atoms with E-state index in [1.165, 1.54) is 0 Å². The molecule has 142 valence electrons. The van der Waals surface area contributed by atoms with Crippen molar-refractivity contribution in [1.82, 2.24) is 20.3 Å². The van der Waals surface area contributed by atoms with Gasteiger partial charge in [0.1, 0.15) is 18.2 Å². The number of amides is 1. The highest BCUT2D eigenvalue weighted by Gasteiger charge is 2.08. The molecule has 7 heteroatoms. The van der Waals surface area contributed by atoms with Crippen LogP contribution in [0.2, 0.25) is 0 Å². The Kier molecular flexibility index (Phi) is 5.34. The monoisotopic (exact) mass is 392 g/mol. The lowest BCUT2D eigenvalue weighted by molar-refractivity contribution is 0.0953. The number of aromatic nitrogens is 3. The zero-order chi connectivity index (χ0) is 19.3. The summed E-state index contributed by atoms with van der Waals surface area (Å²) in [4.78, 5) is 24.6. The number of rotatable bonds is 7. The first-order chi connectivity index (χ1) is 13.7. The number of nitrogens with one attached hydrogen (secondary N) is 2. The van der Waals surface area contributed by atoms with Gasteiger partial charge in [-0.2, -0.15) is 0 Å². The molecule has 0 atom stereocenters. The number of H-pyrrole nitrogens is 1. The van der Waals surface area contributed by atoms with Gasteiger partial charge in [0.05, 0.1) is 21.7 Å². The molecule has 28 heavy (non-hydrogen) atoms. The number of carbonyl (C=O) groups excluding carboxylic acids is 1. The molecule has 0 spiro atoms. The van der Waals surface area contributed by atoms with E-state index in [2.05, 4.69) is 20.3 Å². The summed E-state index contributed by atoms with van der Waals surface area (Å²) in [5.74, 6) is 1.37. The largest absolute Gasteiger partial charge is 0.487 e. The molecule has 0 unspecified atom stereocenters. The van der Waals surface area contributed by atoms with Crippen molar-refractivity contribution in [2.24, 2.45) is 0 Å². The van der Waals surface area contributed by atoms with E-state index in [0.717, 1.165) is 27.6 Å². The summed E-state index contributed by atoms with van der Waals surface area (Å²) in [5.41, 5.74) is 3.40. The van der Waals surface area contributed by atoms with E-state index in [1.807, 2.05) is 48.7 Å². The third kappa shape index (κ3) is 4.37. The molecule has 2 aromatic carbocycles. The molecule has 0 saturated carbocycles. The zero-order valence-electron chi connectivity index (χ0n) is 15.4. The smallest absolute Gasteiger partial charge is 0.251 e. The highest BCUT2D eigenvalue weighted by Crippen LogP contribution is 2.16. The number of benzene rings is 2. The number of hydrogen-bond acceptors (Lipinski definition) is 5. The number of thiazole rings is 1. The van der Waals surface area contributed by atoms with E-state index >= 15 is 0 Å². The van der Waals surface area contributed by atoms with Gasteiger partial charge in [0.25, 0.3) is 5.91 Å². The van der Waals surface area contributed by atoms with Crippen LogP contribution in [0.25, 0.3) is 11.0 Å². The molecule has 6 nitrogen and oxygen atoms in total. The van der Waals surface area contributed by atoms with Crippen molar-refractivity contribution in [2.75, 3.05) is 6.54 Å². The van der Waals surface area contributed by atoms with Gasteiger partial charge in [0, 0.05) is 23.9 Å². The maximum Gasteiger partial charge on any atom is 0.251 e. The third-order valence-electron chi connectivity index (χ3n) is 4.24. The quantitative estimate of drug-likeness (QED) is 0.500. The van der Waals surface area contributed by atoms with Gasteiger partial charge >= 0.3 is 0 Å². The van der Waals surface area contributed by atoms with Gasteiger partial charge in [0.2, 0.25) is 0 Å². The molecule has 0 radical (unpaired) electrons. The number of aromatic amines is 1. The summed E-state index contributed by atoms with van der Waals surface area (Å²) in [6.07, 6.45) is 0.639. The lowest BCUT2D eigenvalue weighted by Crippen LogP contribution is -2.25. The van der Waals surface area contributed by atoms with Crippen LogP contribution in [-0.4, -0.2) is 27.4 Å². The number of imidazole rings is 1. The van der Waals surface area contributed by atoms with Crippen LogP contribution in [0.15, 0.2) is 53.9 Å². The minimum atomic E-state index is -0.133. The van der Waals surface area contributed by atoms with Crippen molar-refractivity contribution in [3.8, 4) is 5.75 Å². The van der Waals surface area contributed by atoms with Gasteiger partial charge in [-0.25, -0.2) is 9.97 Å². The average molecular weight is 392 g/mol. The fraction of sp³-hybridized carbons (Fsp3) is 0.190. The van der Waals surface area contributed by atoms with E-state index < -0.39 is 0 Å². The van der Waals surface area contributed by atoms with Crippen molar-refractivity contribution in [3.63, 3.8) is 0 Å². The lowest BCUT2D eigenvalue weighted by atomic mass is 10.2. The second kappa shape index (κ2) is 8.22. The van der Waals surface area contributed by atoms with E-state index in [1.54, 1.807) is 23.5 Å². The van der Waals surface area contributed by atoms with Crippen molar-refractivity contribution in [3.05, 3.63) is 76.0 Å². The lowest BCUT2D eigenvalue weighted by Gasteiger charge is -2.08. The van der Waals surface area contributed by atoms with Gasteiger partial charge in [-0.1, -0.05) is 18.2 Å². The summed E-state index contributed by atoms with van der Waals surface area (Å²) in [6, 6.07) is 15.1. The molecule has 1 amide bonds. The van der Waals surface area contributed by atoms with Gasteiger partial charge < -0.3 is 15.0 Å². The van der Waals surface area contributed by atoms with Gasteiger partial charge in [-0.15, -0.1) is 11.3 Å². The maximum atomic E-state index is 12.4. The number of hydrogen-bond donors (Lipinski definition) is 2. The molecule has 2 heterocycles. The molecule has 0 bridgehead atoms.